The number of benzene rings is 2. The first kappa shape index (κ1) is 22.5. The number of carbonyl (C=O) groups is 3. The van der Waals surface area contributed by atoms with Gasteiger partial charge < -0.3 is 19.5 Å². The van der Waals surface area contributed by atoms with Gasteiger partial charge in [0.2, 0.25) is 11.7 Å². The van der Waals surface area contributed by atoms with Crippen molar-refractivity contribution in [3.8, 4) is 17.2 Å². The van der Waals surface area contributed by atoms with Crippen molar-refractivity contribution < 1.29 is 28.6 Å². The summed E-state index contributed by atoms with van der Waals surface area (Å²) in [5.41, 5.74) is 0.967. The van der Waals surface area contributed by atoms with Crippen molar-refractivity contribution >= 4 is 52.2 Å². The van der Waals surface area contributed by atoms with Gasteiger partial charge in [0.1, 0.15) is 6.54 Å². The zero-order valence-electron chi connectivity index (χ0n) is 16.9. The molecule has 2 aromatic carbocycles. The fraction of sp³-hybridized carbons (Fsp3) is 0.190. The highest BCUT2D eigenvalue weighted by Gasteiger charge is 2.36. The van der Waals surface area contributed by atoms with E-state index in [1.165, 1.54) is 27.4 Å². The molecule has 1 heterocycles. The third-order valence-corrected chi connectivity index (χ3v) is 5.55. The standard InChI is InChI=1S/C21H19ClN2O6S/c1-28-15-8-12(9-16(29-2)19(15)30-3)10-17-20(26)24(21(27)31-17)11-18(25)23-14-7-5-4-6-13(14)22/h4-10H,11H2,1-3H3,(H,23,25)/b17-10-. The van der Waals surface area contributed by atoms with Crippen LogP contribution in [0.4, 0.5) is 10.5 Å². The Morgan fingerprint density at radius 1 is 1.10 bits per heavy atom. The minimum atomic E-state index is -0.571. The summed E-state index contributed by atoms with van der Waals surface area (Å²) in [6.07, 6.45) is 1.53. The van der Waals surface area contributed by atoms with Crippen LogP contribution in [0.1, 0.15) is 5.56 Å². The molecule has 1 fully saturated rings. The minimum Gasteiger partial charge on any atom is -0.493 e. The molecule has 0 atom stereocenters. The lowest BCUT2D eigenvalue weighted by Crippen LogP contribution is -2.36. The molecule has 3 rings (SSSR count). The highest BCUT2D eigenvalue weighted by Crippen LogP contribution is 2.40. The van der Waals surface area contributed by atoms with E-state index in [0.29, 0.717) is 33.5 Å². The smallest absolute Gasteiger partial charge is 0.294 e. The molecule has 1 saturated heterocycles. The molecule has 0 aromatic heterocycles. The van der Waals surface area contributed by atoms with Gasteiger partial charge in [-0.05, 0) is 47.7 Å². The molecule has 2 aromatic rings. The Morgan fingerprint density at radius 2 is 1.74 bits per heavy atom. The first-order valence-electron chi connectivity index (χ1n) is 8.97. The quantitative estimate of drug-likeness (QED) is 0.620. The van der Waals surface area contributed by atoms with Crippen LogP contribution in [0.3, 0.4) is 0 Å². The van der Waals surface area contributed by atoms with E-state index in [4.69, 9.17) is 25.8 Å². The Bertz CT molecular complexity index is 1050. The molecule has 3 amide bonds. The molecule has 0 radical (unpaired) electrons. The number of para-hydroxylation sites is 1. The SMILES string of the molecule is COc1cc(/C=C2\SC(=O)N(CC(=O)Nc3ccccc3Cl)C2=O)cc(OC)c1OC. The van der Waals surface area contributed by atoms with E-state index in [-0.39, 0.29) is 4.91 Å². The number of nitrogens with zero attached hydrogens (tertiary/aromatic N) is 1. The van der Waals surface area contributed by atoms with Gasteiger partial charge in [0.05, 0.1) is 36.9 Å². The van der Waals surface area contributed by atoms with Crippen LogP contribution in [-0.2, 0) is 9.59 Å². The van der Waals surface area contributed by atoms with Crippen LogP contribution in [0.2, 0.25) is 5.02 Å². The Balaban J connectivity index is 1.79. The highest BCUT2D eigenvalue weighted by atomic mass is 35.5. The normalized spacial score (nSPS) is 14.7. The molecule has 0 spiro atoms. The number of rotatable bonds is 7. The number of imide groups is 1. The number of nitrogens with one attached hydrogen (secondary N) is 1. The van der Waals surface area contributed by atoms with E-state index >= 15 is 0 Å². The van der Waals surface area contributed by atoms with Crippen LogP contribution < -0.4 is 19.5 Å². The van der Waals surface area contributed by atoms with Gasteiger partial charge in [0, 0.05) is 0 Å². The molecule has 1 aliphatic rings. The van der Waals surface area contributed by atoms with Crippen LogP contribution >= 0.6 is 23.4 Å². The first-order chi connectivity index (χ1) is 14.9. The predicted molar refractivity (Wildman–Crippen MR) is 119 cm³/mol. The molecule has 0 bridgehead atoms. The maximum Gasteiger partial charge on any atom is 0.294 e. The third kappa shape index (κ3) is 4.95. The van der Waals surface area contributed by atoms with Gasteiger partial charge in [-0.25, -0.2) is 0 Å². The number of anilines is 1. The molecule has 1 aliphatic heterocycles. The van der Waals surface area contributed by atoms with Crippen molar-refractivity contribution in [2.45, 2.75) is 0 Å². The number of halogens is 1. The number of hydrogen-bond acceptors (Lipinski definition) is 7. The number of methoxy groups -OCH3 is 3. The molecule has 8 nitrogen and oxygen atoms in total. The first-order valence-corrected chi connectivity index (χ1v) is 10.2. The summed E-state index contributed by atoms with van der Waals surface area (Å²) < 4.78 is 15.9. The van der Waals surface area contributed by atoms with Crippen molar-refractivity contribution in [3.05, 3.63) is 51.9 Å². The van der Waals surface area contributed by atoms with Crippen LogP contribution in [-0.4, -0.2) is 49.8 Å². The zero-order valence-corrected chi connectivity index (χ0v) is 18.5. The average Bonchev–Trinajstić information content (AvgIpc) is 3.01. The van der Waals surface area contributed by atoms with E-state index < -0.39 is 23.6 Å². The lowest BCUT2D eigenvalue weighted by Gasteiger charge is -2.13. The minimum absolute atomic E-state index is 0.171. The lowest BCUT2D eigenvalue weighted by molar-refractivity contribution is -0.127. The number of thioether (sulfide) groups is 1. The Morgan fingerprint density at radius 3 is 2.32 bits per heavy atom. The van der Waals surface area contributed by atoms with Gasteiger partial charge in [-0.1, -0.05) is 23.7 Å². The lowest BCUT2D eigenvalue weighted by atomic mass is 10.1. The molecule has 10 heteroatoms. The second kappa shape index (κ2) is 9.76. The summed E-state index contributed by atoms with van der Waals surface area (Å²) in [4.78, 5) is 38.4. The van der Waals surface area contributed by atoms with E-state index in [0.717, 1.165) is 16.7 Å². The fourth-order valence-electron chi connectivity index (χ4n) is 2.87. The van der Waals surface area contributed by atoms with Gasteiger partial charge in [-0.15, -0.1) is 0 Å². The summed E-state index contributed by atoms with van der Waals surface area (Å²) in [5, 5.41) is 2.40. The average molecular weight is 463 g/mol. The van der Waals surface area contributed by atoms with E-state index in [1.807, 2.05) is 0 Å². The topological polar surface area (TPSA) is 94.2 Å². The monoisotopic (exact) mass is 462 g/mol. The third-order valence-electron chi connectivity index (χ3n) is 4.31. The largest absolute Gasteiger partial charge is 0.493 e. The summed E-state index contributed by atoms with van der Waals surface area (Å²) in [5.74, 6) is 0.117. The van der Waals surface area contributed by atoms with Crippen molar-refractivity contribution in [1.29, 1.82) is 0 Å². The predicted octanol–water partition coefficient (Wildman–Crippen LogP) is 4.04. The molecule has 1 N–H and O–H groups in total. The Labute approximate surface area is 188 Å². The van der Waals surface area contributed by atoms with Gasteiger partial charge in [0.15, 0.2) is 11.5 Å². The van der Waals surface area contributed by atoms with Crippen molar-refractivity contribution in [2.24, 2.45) is 0 Å². The van der Waals surface area contributed by atoms with Crippen molar-refractivity contribution in [1.82, 2.24) is 4.90 Å². The summed E-state index contributed by atoms with van der Waals surface area (Å²) in [7, 11) is 4.44. The van der Waals surface area contributed by atoms with Gasteiger partial charge in [-0.3, -0.25) is 19.3 Å². The molecule has 162 valence electrons. The van der Waals surface area contributed by atoms with Crippen molar-refractivity contribution in [3.63, 3.8) is 0 Å². The molecule has 0 saturated carbocycles. The summed E-state index contributed by atoms with van der Waals surface area (Å²) in [6, 6.07) is 9.98. The maximum atomic E-state index is 12.7. The van der Waals surface area contributed by atoms with Crippen LogP contribution in [0.5, 0.6) is 17.2 Å². The Hall–Kier alpha value is -3.17. The van der Waals surface area contributed by atoms with Crippen LogP contribution in [0.25, 0.3) is 6.08 Å². The molecule has 31 heavy (non-hydrogen) atoms. The molecular weight excluding hydrogens is 444 g/mol. The van der Waals surface area contributed by atoms with Crippen LogP contribution in [0.15, 0.2) is 41.3 Å². The molecular formula is C21H19ClN2O6S. The zero-order chi connectivity index (χ0) is 22.5. The maximum absolute atomic E-state index is 12.7. The fourth-order valence-corrected chi connectivity index (χ4v) is 3.89. The van der Waals surface area contributed by atoms with Gasteiger partial charge in [0.25, 0.3) is 11.1 Å². The Kier molecular flexibility index (Phi) is 7.09. The number of hydrogen-bond donors (Lipinski definition) is 1. The molecule has 0 unspecified atom stereocenters. The van der Waals surface area contributed by atoms with Crippen LogP contribution in [0, 0.1) is 0 Å². The van der Waals surface area contributed by atoms with Gasteiger partial charge in [-0.2, -0.15) is 0 Å². The summed E-state index contributed by atoms with van der Waals surface area (Å²) >= 11 is 6.77. The number of amides is 3. The highest BCUT2D eigenvalue weighted by molar-refractivity contribution is 8.18. The van der Waals surface area contributed by atoms with E-state index in [1.54, 1.807) is 36.4 Å². The molecule has 0 aliphatic carbocycles. The second-order valence-electron chi connectivity index (χ2n) is 6.25. The summed E-state index contributed by atoms with van der Waals surface area (Å²) in [6.45, 7) is -0.428. The number of ether oxygens (including phenoxy) is 3. The number of carbonyl (C=O) groups excluding carboxylic acids is 3. The second-order valence-corrected chi connectivity index (χ2v) is 7.65. The van der Waals surface area contributed by atoms with Crippen molar-refractivity contribution in [2.75, 3.05) is 33.2 Å². The van der Waals surface area contributed by atoms with E-state index in [9.17, 15) is 14.4 Å². The van der Waals surface area contributed by atoms with Gasteiger partial charge >= 0.3 is 0 Å². The van der Waals surface area contributed by atoms with E-state index in [2.05, 4.69) is 5.32 Å².